The number of aromatic nitrogens is 2. The van der Waals surface area contributed by atoms with Crippen LogP contribution in [-0.4, -0.2) is 40.8 Å². The van der Waals surface area contributed by atoms with Crippen LogP contribution >= 0.6 is 15.9 Å². The van der Waals surface area contributed by atoms with E-state index in [2.05, 4.69) is 33.1 Å². The third kappa shape index (κ3) is 2.16. The van der Waals surface area contributed by atoms with Crippen molar-refractivity contribution in [3.63, 3.8) is 0 Å². The molecule has 2 atom stereocenters. The van der Waals surface area contributed by atoms with Gasteiger partial charge in [0.2, 0.25) is 10.0 Å². The minimum Gasteiger partial charge on any atom is -0.284 e. The average Bonchev–Trinajstić information content (AvgIpc) is 2.75. The van der Waals surface area contributed by atoms with E-state index in [1.165, 1.54) is 16.7 Å². The monoisotopic (exact) mass is 307 g/mol. The number of alkyl halides is 1. The zero-order chi connectivity index (χ0) is 11.8. The SMILES string of the molecule is CC1CN(S(=O)(=O)c2cn[nH]c2)CCC1Br. The number of nitrogens with one attached hydrogen (secondary N) is 1. The van der Waals surface area contributed by atoms with Crippen LogP contribution in [0, 0.1) is 5.92 Å². The zero-order valence-corrected chi connectivity index (χ0v) is 11.3. The highest BCUT2D eigenvalue weighted by molar-refractivity contribution is 9.09. The molecular weight excluding hydrogens is 294 g/mol. The molecule has 0 spiro atoms. The molecule has 0 amide bonds. The van der Waals surface area contributed by atoms with Gasteiger partial charge in [-0.3, -0.25) is 5.10 Å². The topological polar surface area (TPSA) is 66.1 Å². The van der Waals surface area contributed by atoms with Crippen molar-refractivity contribution < 1.29 is 8.42 Å². The lowest BCUT2D eigenvalue weighted by atomic mass is 10.0. The van der Waals surface area contributed by atoms with E-state index in [0.717, 1.165) is 6.42 Å². The van der Waals surface area contributed by atoms with Gasteiger partial charge in [-0.25, -0.2) is 8.42 Å². The zero-order valence-electron chi connectivity index (χ0n) is 8.93. The number of hydrogen-bond acceptors (Lipinski definition) is 3. The number of hydrogen-bond donors (Lipinski definition) is 1. The summed E-state index contributed by atoms with van der Waals surface area (Å²) < 4.78 is 25.8. The molecule has 1 aliphatic heterocycles. The first-order chi connectivity index (χ1) is 7.51. The van der Waals surface area contributed by atoms with Crippen LogP contribution in [0.2, 0.25) is 0 Å². The highest BCUT2D eigenvalue weighted by Crippen LogP contribution is 2.27. The van der Waals surface area contributed by atoms with E-state index in [4.69, 9.17) is 0 Å². The van der Waals surface area contributed by atoms with Gasteiger partial charge in [0, 0.05) is 24.1 Å². The smallest absolute Gasteiger partial charge is 0.246 e. The van der Waals surface area contributed by atoms with Crippen molar-refractivity contribution in [3.05, 3.63) is 12.4 Å². The minimum atomic E-state index is -3.36. The van der Waals surface area contributed by atoms with E-state index in [-0.39, 0.29) is 4.90 Å². The maximum Gasteiger partial charge on any atom is 0.246 e. The van der Waals surface area contributed by atoms with Crippen molar-refractivity contribution in [1.29, 1.82) is 0 Å². The first kappa shape index (κ1) is 12.1. The van der Waals surface area contributed by atoms with Gasteiger partial charge in [-0.15, -0.1) is 0 Å². The molecule has 7 heteroatoms. The summed E-state index contributed by atoms with van der Waals surface area (Å²) in [5, 5.41) is 6.21. The predicted octanol–water partition coefficient (Wildman–Crippen LogP) is 1.20. The first-order valence-corrected chi connectivity index (χ1v) is 7.50. The molecule has 5 nitrogen and oxygen atoms in total. The van der Waals surface area contributed by atoms with Gasteiger partial charge in [-0.1, -0.05) is 22.9 Å². The molecular formula is C9H14BrN3O2S. The Hall–Kier alpha value is -0.400. The fourth-order valence-corrected chi connectivity index (χ4v) is 3.66. The van der Waals surface area contributed by atoms with Gasteiger partial charge in [0.1, 0.15) is 4.90 Å². The Bertz CT molecular complexity index is 445. The molecule has 1 N–H and O–H groups in total. The molecule has 1 aromatic heterocycles. The molecule has 2 unspecified atom stereocenters. The van der Waals surface area contributed by atoms with Crippen LogP contribution in [0.15, 0.2) is 17.3 Å². The molecule has 1 aromatic rings. The minimum absolute atomic E-state index is 0.243. The van der Waals surface area contributed by atoms with Crippen LogP contribution in [0.3, 0.4) is 0 Å². The fraction of sp³-hybridized carbons (Fsp3) is 0.667. The second-order valence-corrected chi connectivity index (χ2v) is 7.19. The molecule has 1 fully saturated rings. The summed E-state index contributed by atoms with van der Waals surface area (Å²) in [5.41, 5.74) is 0. The van der Waals surface area contributed by atoms with Crippen LogP contribution in [0.5, 0.6) is 0 Å². The molecule has 90 valence electrons. The number of H-pyrrole nitrogens is 1. The van der Waals surface area contributed by atoms with Gasteiger partial charge in [0.25, 0.3) is 0 Å². The Labute approximate surface area is 103 Å². The Morgan fingerprint density at radius 3 is 2.94 bits per heavy atom. The third-order valence-corrected chi connectivity index (χ3v) is 6.07. The summed E-state index contributed by atoms with van der Waals surface area (Å²) >= 11 is 3.56. The number of nitrogens with zero attached hydrogens (tertiary/aromatic N) is 2. The molecule has 0 aromatic carbocycles. The summed E-state index contributed by atoms with van der Waals surface area (Å²) in [5.74, 6) is 0.329. The van der Waals surface area contributed by atoms with Crippen LogP contribution in [0.1, 0.15) is 13.3 Å². The van der Waals surface area contributed by atoms with Crippen LogP contribution in [-0.2, 0) is 10.0 Å². The predicted molar refractivity (Wildman–Crippen MR) is 63.8 cm³/mol. The van der Waals surface area contributed by atoms with Crippen molar-refractivity contribution in [2.24, 2.45) is 5.92 Å². The van der Waals surface area contributed by atoms with Gasteiger partial charge >= 0.3 is 0 Å². The highest BCUT2D eigenvalue weighted by atomic mass is 79.9. The van der Waals surface area contributed by atoms with Gasteiger partial charge in [-0.2, -0.15) is 9.40 Å². The molecule has 0 radical (unpaired) electrons. The van der Waals surface area contributed by atoms with E-state index in [1.54, 1.807) is 0 Å². The third-order valence-electron chi connectivity index (χ3n) is 2.87. The summed E-state index contributed by atoms with van der Waals surface area (Å²) in [6.45, 7) is 3.17. The van der Waals surface area contributed by atoms with Crippen LogP contribution in [0.25, 0.3) is 0 Å². The lowest BCUT2D eigenvalue weighted by molar-refractivity contribution is 0.292. The van der Waals surface area contributed by atoms with Crippen molar-refractivity contribution in [1.82, 2.24) is 14.5 Å². The first-order valence-electron chi connectivity index (χ1n) is 5.15. The molecule has 16 heavy (non-hydrogen) atoms. The number of piperidine rings is 1. The lowest BCUT2D eigenvalue weighted by Crippen LogP contribution is -2.43. The highest BCUT2D eigenvalue weighted by Gasteiger charge is 2.32. The summed E-state index contributed by atoms with van der Waals surface area (Å²) in [4.78, 5) is 0.649. The second-order valence-electron chi connectivity index (χ2n) is 4.08. The maximum atomic E-state index is 12.2. The molecule has 2 heterocycles. The lowest BCUT2D eigenvalue weighted by Gasteiger charge is -2.33. The van der Waals surface area contributed by atoms with Crippen LogP contribution in [0.4, 0.5) is 0 Å². The molecule has 0 aliphatic carbocycles. The van der Waals surface area contributed by atoms with E-state index in [0.29, 0.717) is 23.8 Å². The van der Waals surface area contributed by atoms with Crippen LogP contribution < -0.4 is 0 Å². The van der Waals surface area contributed by atoms with E-state index < -0.39 is 10.0 Å². The van der Waals surface area contributed by atoms with Crippen molar-refractivity contribution >= 4 is 26.0 Å². The molecule has 2 rings (SSSR count). The molecule has 1 saturated heterocycles. The van der Waals surface area contributed by atoms with Crippen molar-refractivity contribution in [2.75, 3.05) is 13.1 Å². The average molecular weight is 308 g/mol. The van der Waals surface area contributed by atoms with E-state index >= 15 is 0 Å². The molecule has 0 bridgehead atoms. The molecule has 1 aliphatic rings. The second kappa shape index (κ2) is 4.46. The number of aromatic amines is 1. The Kier molecular flexibility index (Phi) is 3.37. The van der Waals surface area contributed by atoms with E-state index in [9.17, 15) is 8.42 Å². The largest absolute Gasteiger partial charge is 0.284 e. The summed E-state index contributed by atoms with van der Waals surface area (Å²) in [6.07, 6.45) is 3.61. The van der Waals surface area contributed by atoms with Gasteiger partial charge in [-0.05, 0) is 12.3 Å². The quantitative estimate of drug-likeness (QED) is 0.835. The van der Waals surface area contributed by atoms with Crippen molar-refractivity contribution in [3.8, 4) is 0 Å². The Morgan fingerprint density at radius 1 is 1.62 bits per heavy atom. The van der Waals surface area contributed by atoms with Gasteiger partial charge < -0.3 is 0 Å². The van der Waals surface area contributed by atoms with E-state index in [1.807, 2.05) is 0 Å². The number of halogens is 1. The summed E-state index contributed by atoms with van der Waals surface area (Å²) in [7, 11) is -3.36. The normalized spacial score (nSPS) is 28.1. The Balaban J connectivity index is 2.20. The standard InChI is InChI=1S/C9H14BrN3O2S/c1-7-6-13(3-2-9(7)10)16(14,15)8-4-11-12-5-8/h4-5,7,9H,2-3,6H2,1H3,(H,11,12). The van der Waals surface area contributed by atoms with Gasteiger partial charge in [0.15, 0.2) is 0 Å². The molecule has 0 saturated carbocycles. The van der Waals surface area contributed by atoms with Crippen molar-refractivity contribution in [2.45, 2.75) is 23.1 Å². The van der Waals surface area contributed by atoms with Gasteiger partial charge in [0.05, 0.1) is 6.20 Å². The maximum absolute atomic E-state index is 12.2. The Morgan fingerprint density at radius 2 is 2.38 bits per heavy atom. The summed E-state index contributed by atoms with van der Waals surface area (Å²) in [6, 6.07) is 0. The fourth-order valence-electron chi connectivity index (χ4n) is 1.83. The number of rotatable bonds is 2. The number of sulfonamides is 1.